The van der Waals surface area contributed by atoms with Gasteiger partial charge in [-0.25, -0.2) is 0 Å². The van der Waals surface area contributed by atoms with Crippen LogP contribution in [0.15, 0.2) is 42.5 Å². The van der Waals surface area contributed by atoms with Gasteiger partial charge in [0.1, 0.15) is 0 Å². The molecule has 0 aromatic heterocycles. The van der Waals surface area contributed by atoms with E-state index in [1.54, 1.807) is 6.07 Å². The van der Waals surface area contributed by atoms with Gasteiger partial charge in [-0.15, -0.1) is 0 Å². The summed E-state index contributed by atoms with van der Waals surface area (Å²) in [6.07, 6.45) is 0. The van der Waals surface area contributed by atoms with E-state index in [1.165, 1.54) is 16.3 Å². The number of carbonyl (C=O) groups excluding carboxylic acids is 1. The maximum absolute atomic E-state index is 11.1. The predicted octanol–water partition coefficient (Wildman–Crippen LogP) is 2.76. The summed E-state index contributed by atoms with van der Waals surface area (Å²) in [6.45, 7) is 4.56. The Kier molecular flexibility index (Phi) is 3.52. The van der Waals surface area contributed by atoms with Crippen molar-refractivity contribution in [2.24, 2.45) is 0 Å². The van der Waals surface area contributed by atoms with Crippen LogP contribution in [0.4, 0.5) is 0 Å². The lowest BCUT2D eigenvalue weighted by atomic mass is 9.81. The highest BCUT2D eigenvalue weighted by Gasteiger charge is 2.23. The van der Waals surface area contributed by atoms with Gasteiger partial charge < -0.3 is 5.32 Å². The highest BCUT2D eigenvalue weighted by Crippen LogP contribution is 2.29. The van der Waals surface area contributed by atoms with Gasteiger partial charge in [-0.3, -0.25) is 4.79 Å². The molecule has 0 radical (unpaired) electrons. The molecule has 0 fully saturated rings. The molecule has 0 aliphatic rings. The van der Waals surface area contributed by atoms with Gasteiger partial charge in [-0.1, -0.05) is 56.3 Å². The topological polar surface area (TPSA) is 52.9 Å². The summed E-state index contributed by atoms with van der Waals surface area (Å²) in [5.41, 5.74) is 0.941. The highest BCUT2D eigenvalue weighted by molar-refractivity contribution is 5.91. The van der Waals surface area contributed by atoms with Crippen molar-refractivity contribution >= 4 is 16.7 Å². The van der Waals surface area contributed by atoms with Crippen molar-refractivity contribution in [2.45, 2.75) is 19.3 Å². The van der Waals surface area contributed by atoms with Gasteiger partial charge in [0.15, 0.2) is 6.07 Å². The first-order valence-corrected chi connectivity index (χ1v) is 6.21. The summed E-state index contributed by atoms with van der Waals surface area (Å²) >= 11 is 0. The Labute approximate surface area is 112 Å². The van der Waals surface area contributed by atoms with E-state index in [9.17, 15) is 4.79 Å². The van der Waals surface area contributed by atoms with Gasteiger partial charge >= 0.3 is 5.91 Å². The number of benzene rings is 2. The monoisotopic (exact) mass is 252 g/mol. The lowest BCUT2D eigenvalue weighted by Gasteiger charge is -2.26. The van der Waals surface area contributed by atoms with Gasteiger partial charge in [0.25, 0.3) is 0 Å². The number of nitrogens with one attached hydrogen (secondary N) is 1. The average molecular weight is 252 g/mol. The molecule has 0 spiro atoms. The summed E-state index contributed by atoms with van der Waals surface area (Å²) in [5.74, 6) is -0.590. The van der Waals surface area contributed by atoms with Gasteiger partial charge in [0.2, 0.25) is 0 Å². The van der Waals surface area contributed by atoms with Crippen molar-refractivity contribution in [2.75, 3.05) is 6.54 Å². The lowest BCUT2D eigenvalue weighted by Crippen LogP contribution is -2.36. The van der Waals surface area contributed by atoms with Gasteiger partial charge in [-0.2, -0.15) is 5.26 Å². The number of carbonyl (C=O) groups is 1. The normalized spacial score (nSPS) is 11.0. The zero-order valence-corrected chi connectivity index (χ0v) is 11.1. The van der Waals surface area contributed by atoms with Crippen LogP contribution in [0.25, 0.3) is 10.8 Å². The Morgan fingerprint density at radius 1 is 1.21 bits per heavy atom. The van der Waals surface area contributed by atoms with E-state index in [-0.39, 0.29) is 5.41 Å². The van der Waals surface area contributed by atoms with Crippen LogP contribution in [-0.4, -0.2) is 12.5 Å². The minimum Gasteiger partial charge on any atom is -0.343 e. The number of hydrogen-bond acceptors (Lipinski definition) is 2. The van der Waals surface area contributed by atoms with E-state index >= 15 is 0 Å². The SMILES string of the molecule is CC(C)(CNC(=O)C#N)c1cccc2ccccc12. The van der Waals surface area contributed by atoms with Crippen LogP contribution in [0.1, 0.15) is 19.4 Å². The summed E-state index contributed by atoms with van der Waals surface area (Å²) < 4.78 is 0. The third-order valence-corrected chi connectivity index (χ3v) is 3.31. The van der Waals surface area contributed by atoms with Gasteiger partial charge in [-0.05, 0) is 16.3 Å². The maximum Gasteiger partial charge on any atom is 0.322 e. The summed E-state index contributed by atoms with van der Waals surface area (Å²) in [7, 11) is 0. The summed E-state index contributed by atoms with van der Waals surface area (Å²) in [4.78, 5) is 11.1. The summed E-state index contributed by atoms with van der Waals surface area (Å²) in [5, 5.41) is 13.5. The molecular formula is C16H16N2O. The molecule has 0 atom stereocenters. The third-order valence-electron chi connectivity index (χ3n) is 3.31. The van der Waals surface area contributed by atoms with E-state index in [2.05, 4.69) is 43.4 Å². The number of rotatable bonds is 3. The number of nitrogens with zero attached hydrogens (tertiary/aromatic N) is 1. The molecule has 0 aliphatic carbocycles. The van der Waals surface area contributed by atoms with E-state index in [4.69, 9.17) is 5.26 Å². The predicted molar refractivity (Wildman–Crippen MR) is 75.6 cm³/mol. The molecule has 2 aromatic carbocycles. The fourth-order valence-corrected chi connectivity index (χ4v) is 2.25. The first-order valence-electron chi connectivity index (χ1n) is 6.21. The van der Waals surface area contributed by atoms with Crippen molar-refractivity contribution in [1.82, 2.24) is 5.32 Å². The maximum atomic E-state index is 11.1. The molecule has 2 aromatic rings. The van der Waals surface area contributed by atoms with Crippen LogP contribution in [-0.2, 0) is 10.2 Å². The molecule has 1 amide bonds. The van der Waals surface area contributed by atoms with Crippen molar-refractivity contribution in [1.29, 1.82) is 5.26 Å². The Balaban J connectivity index is 2.37. The largest absolute Gasteiger partial charge is 0.343 e. The van der Waals surface area contributed by atoms with Gasteiger partial charge in [0.05, 0.1) is 0 Å². The number of hydrogen-bond donors (Lipinski definition) is 1. The average Bonchev–Trinajstić information content (AvgIpc) is 2.44. The van der Waals surface area contributed by atoms with Crippen molar-refractivity contribution in [3.63, 3.8) is 0 Å². The molecule has 0 bridgehead atoms. The first kappa shape index (κ1) is 13.1. The molecule has 3 heteroatoms. The smallest absolute Gasteiger partial charge is 0.322 e. The fraction of sp³-hybridized carbons (Fsp3) is 0.250. The molecule has 3 nitrogen and oxygen atoms in total. The van der Waals surface area contributed by atoms with E-state index < -0.39 is 5.91 Å². The van der Waals surface area contributed by atoms with Crippen LogP contribution in [0.3, 0.4) is 0 Å². The molecule has 2 rings (SSSR count). The molecular weight excluding hydrogens is 236 g/mol. The quantitative estimate of drug-likeness (QED) is 0.854. The van der Waals surface area contributed by atoms with Crippen molar-refractivity contribution < 1.29 is 4.79 Å². The second-order valence-corrected chi connectivity index (χ2v) is 5.21. The highest BCUT2D eigenvalue weighted by atomic mass is 16.1. The van der Waals surface area contributed by atoms with Crippen molar-refractivity contribution in [3.8, 4) is 6.07 Å². The third kappa shape index (κ3) is 2.74. The second kappa shape index (κ2) is 5.11. The molecule has 1 N–H and O–H groups in total. The standard InChI is InChI=1S/C16H16N2O/c1-16(2,11-18-15(19)10-17)14-9-5-7-12-6-3-4-8-13(12)14/h3-9H,11H2,1-2H3,(H,18,19). The summed E-state index contributed by atoms with van der Waals surface area (Å²) in [6, 6.07) is 15.9. The number of nitriles is 1. The van der Waals surface area contributed by atoms with Crippen LogP contribution in [0.5, 0.6) is 0 Å². The number of fused-ring (bicyclic) bond motifs is 1. The van der Waals surface area contributed by atoms with Crippen LogP contribution in [0.2, 0.25) is 0 Å². The van der Waals surface area contributed by atoms with Crippen LogP contribution < -0.4 is 5.32 Å². The Bertz CT molecular complexity index is 648. The Hall–Kier alpha value is -2.34. The molecule has 0 aliphatic heterocycles. The lowest BCUT2D eigenvalue weighted by molar-refractivity contribution is -0.116. The zero-order chi connectivity index (χ0) is 13.9. The van der Waals surface area contributed by atoms with Crippen LogP contribution >= 0.6 is 0 Å². The Morgan fingerprint density at radius 2 is 1.89 bits per heavy atom. The minimum absolute atomic E-state index is 0.229. The molecule has 0 saturated carbocycles. The Morgan fingerprint density at radius 3 is 2.63 bits per heavy atom. The van der Waals surface area contributed by atoms with Crippen molar-refractivity contribution in [3.05, 3.63) is 48.0 Å². The van der Waals surface area contributed by atoms with E-state index in [0.717, 1.165) is 0 Å². The number of amides is 1. The first-order chi connectivity index (χ1) is 9.04. The van der Waals surface area contributed by atoms with E-state index in [0.29, 0.717) is 6.54 Å². The molecule has 19 heavy (non-hydrogen) atoms. The molecule has 0 heterocycles. The fourth-order valence-electron chi connectivity index (χ4n) is 2.25. The van der Waals surface area contributed by atoms with Crippen LogP contribution in [0, 0.1) is 11.3 Å². The molecule has 96 valence electrons. The zero-order valence-electron chi connectivity index (χ0n) is 11.1. The molecule has 0 saturated heterocycles. The minimum atomic E-state index is -0.590. The van der Waals surface area contributed by atoms with E-state index in [1.807, 2.05) is 18.2 Å². The second-order valence-electron chi connectivity index (χ2n) is 5.21. The molecule has 0 unspecified atom stereocenters. The van der Waals surface area contributed by atoms with Gasteiger partial charge in [0, 0.05) is 12.0 Å².